The van der Waals surface area contributed by atoms with Gasteiger partial charge < -0.3 is 19.7 Å². The van der Waals surface area contributed by atoms with Crippen molar-refractivity contribution < 1.29 is 34.1 Å². The van der Waals surface area contributed by atoms with E-state index < -0.39 is 0 Å². The van der Waals surface area contributed by atoms with E-state index in [2.05, 4.69) is 55.4 Å². The van der Waals surface area contributed by atoms with Crippen molar-refractivity contribution in [1.82, 2.24) is 0 Å². The quantitative estimate of drug-likeness (QED) is 0.142. The molecule has 0 aromatic heterocycles. The Morgan fingerprint density at radius 3 is 1.43 bits per heavy atom. The zero-order valence-electron chi connectivity index (χ0n) is 38.4. The van der Waals surface area contributed by atoms with Crippen molar-refractivity contribution in [2.45, 2.75) is 185 Å². The van der Waals surface area contributed by atoms with E-state index in [1.165, 1.54) is 6.42 Å². The van der Waals surface area contributed by atoms with Crippen LogP contribution in [-0.2, 0) is 23.9 Å². The molecule has 8 saturated carbocycles. The molecule has 0 aromatic rings. The number of aldehydes is 1. The van der Waals surface area contributed by atoms with Crippen molar-refractivity contribution >= 4 is 23.8 Å². The van der Waals surface area contributed by atoms with E-state index in [9.17, 15) is 29.4 Å². The number of rotatable bonds is 8. The molecule has 0 aromatic carbocycles. The summed E-state index contributed by atoms with van der Waals surface area (Å²) < 4.78 is 5.08. The van der Waals surface area contributed by atoms with Crippen LogP contribution in [0.2, 0.25) is 0 Å². The molecule has 0 spiro atoms. The standard InChI is InChI=1S/C28H44O4.C24H38O3.CH4/c1-6-19-23-16-18(29)12-14-28(23,5)22-13-15-27(4)20(9-10-21(27)25(22)26(19)31)17(3)8-11-24(30)32-7-2;1-5-16-20-12-15(26)8-10-24(20,4)19-9-11-23(3)17(14(2)13-25)6-7-18(23)21(19)22(16)27;/h8,11,17-23,25,29H,6-7,9-10,12-16H2,1-5H3;13-21,26H,5-12H2,1-4H3;1H4/b11-8+;;/t17-,18-,19-,20-,21?,22?,23+,25?,27-,28-;14-,15-,16-,17-,18?,19?,20+,21?,23-,24-;/m11./s1. The van der Waals surface area contributed by atoms with Crippen molar-refractivity contribution in [3.63, 3.8) is 0 Å². The minimum Gasteiger partial charge on any atom is -0.463 e. The van der Waals surface area contributed by atoms with Crippen LogP contribution in [0.15, 0.2) is 12.2 Å². The monoisotopic (exact) mass is 835 g/mol. The molecule has 8 fully saturated rings. The number of esters is 1. The minimum absolute atomic E-state index is 0. The maximum Gasteiger partial charge on any atom is 0.330 e. The van der Waals surface area contributed by atoms with E-state index in [1.54, 1.807) is 6.08 Å². The second kappa shape index (κ2) is 18.0. The van der Waals surface area contributed by atoms with Gasteiger partial charge in [0.25, 0.3) is 0 Å². The molecule has 0 radical (unpaired) electrons. The summed E-state index contributed by atoms with van der Waals surface area (Å²) in [5.41, 5.74) is 0.694. The predicted octanol–water partition coefficient (Wildman–Crippen LogP) is 10.9. The average Bonchev–Trinajstić information content (AvgIpc) is 3.75. The molecule has 0 aliphatic heterocycles. The van der Waals surface area contributed by atoms with Gasteiger partial charge in [-0.05, 0) is 185 Å². The lowest BCUT2D eigenvalue weighted by Crippen LogP contribution is -2.60. The first-order valence-corrected chi connectivity index (χ1v) is 24.7. The van der Waals surface area contributed by atoms with Crippen LogP contribution in [0.1, 0.15) is 172 Å². The Hall–Kier alpha value is -1.86. The number of hydrogen-bond donors (Lipinski definition) is 2. The molecule has 0 heterocycles. The summed E-state index contributed by atoms with van der Waals surface area (Å²) in [6.45, 7) is 20.6. The fourth-order valence-corrected chi connectivity index (χ4v) is 17.7. The molecule has 8 aliphatic rings. The number of aliphatic hydroxyl groups is 2. The molecule has 60 heavy (non-hydrogen) atoms. The Kier molecular flexibility index (Phi) is 14.3. The van der Waals surface area contributed by atoms with Gasteiger partial charge in [0.1, 0.15) is 17.9 Å². The average molecular weight is 835 g/mol. The van der Waals surface area contributed by atoms with Crippen LogP contribution in [0.25, 0.3) is 0 Å². The third-order valence-corrected chi connectivity index (χ3v) is 20.7. The van der Waals surface area contributed by atoms with Crippen molar-refractivity contribution in [3.8, 4) is 0 Å². The number of carbonyl (C=O) groups is 4. The number of fused-ring (bicyclic) bond motifs is 10. The number of aliphatic hydroxyl groups excluding tert-OH is 2. The Balaban J connectivity index is 0.000000200. The molecule has 0 bridgehead atoms. The highest BCUT2D eigenvalue weighted by Gasteiger charge is 2.67. The van der Waals surface area contributed by atoms with Gasteiger partial charge in [0.2, 0.25) is 0 Å². The van der Waals surface area contributed by atoms with Crippen LogP contribution >= 0.6 is 0 Å². The Labute approximate surface area is 364 Å². The number of carbonyl (C=O) groups excluding carboxylic acids is 4. The van der Waals surface area contributed by atoms with Gasteiger partial charge in [-0.15, -0.1) is 0 Å². The summed E-state index contributed by atoms with van der Waals surface area (Å²) in [7, 11) is 0. The van der Waals surface area contributed by atoms with Gasteiger partial charge in [-0.3, -0.25) is 9.59 Å². The Morgan fingerprint density at radius 2 is 1.03 bits per heavy atom. The topological polar surface area (TPSA) is 118 Å². The fraction of sp³-hybridized carbons (Fsp3) is 0.887. The zero-order chi connectivity index (χ0) is 42.8. The van der Waals surface area contributed by atoms with Crippen LogP contribution < -0.4 is 0 Å². The van der Waals surface area contributed by atoms with Gasteiger partial charge in [-0.2, -0.15) is 0 Å². The van der Waals surface area contributed by atoms with E-state index >= 15 is 0 Å². The van der Waals surface area contributed by atoms with E-state index in [-0.39, 0.29) is 76.9 Å². The number of ether oxygens (including phenoxy) is 1. The Morgan fingerprint density at radius 1 is 0.633 bits per heavy atom. The fourth-order valence-electron chi connectivity index (χ4n) is 17.7. The second-order valence-electron chi connectivity index (χ2n) is 22.8. The minimum atomic E-state index is -0.255. The number of ketones is 2. The predicted molar refractivity (Wildman–Crippen MR) is 238 cm³/mol. The summed E-state index contributed by atoms with van der Waals surface area (Å²) in [5.74, 6) is 5.28. The number of Topliss-reactive ketones (excluding diaryl/α,β-unsaturated/α-hetero) is 2. The third-order valence-electron chi connectivity index (χ3n) is 20.7. The lowest BCUT2D eigenvalue weighted by atomic mass is 9.42. The van der Waals surface area contributed by atoms with Crippen LogP contribution in [-0.4, -0.2) is 52.8 Å². The lowest BCUT2D eigenvalue weighted by Gasteiger charge is -2.62. The third kappa shape index (κ3) is 7.57. The van der Waals surface area contributed by atoms with E-state index in [0.717, 1.165) is 103 Å². The summed E-state index contributed by atoms with van der Waals surface area (Å²) >= 11 is 0. The molecular formula is C53H86O7. The van der Waals surface area contributed by atoms with Gasteiger partial charge in [-0.1, -0.05) is 68.9 Å². The molecule has 20 atom stereocenters. The summed E-state index contributed by atoms with van der Waals surface area (Å²) in [4.78, 5) is 51.1. The van der Waals surface area contributed by atoms with Crippen molar-refractivity contribution in [2.75, 3.05) is 6.61 Å². The molecular weight excluding hydrogens is 749 g/mol. The summed E-state index contributed by atoms with van der Waals surface area (Å²) in [6, 6.07) is 0. The van der Waals surface area contributed by atoms with Gasteiger partial charge in [0.05, 0.1) is 18.8 Å². The van der Waals surface area contributed by atoms with E-state index in [1.807, 2.05) is 13.0 Å². The van der Waals surface area contributed by atoms with Crippen LogP contribution in [0.3, 0.4) is 0 Å². The second-order valence-corrected chi connectivity index (χ2v) is 22.8. The van der Waals surface area contributed by atoms with E-state index in [4.69, 9.17) is 4.74 Å². The molecule has 8 aliphatic carbocycles. The van der Waals surface area contributed by atoms with E-state index in [0.29, 0.717) is 71.4 Å². The SMILES string of the molecule is C.CCOC(=O)/C=C/[C@@H](C)[C@H]1CCC2C3C(=O)[C@H](CC)[C@@H]4C[C@H](O)CC[C@]4(C)C3CC[C@@]21C.CC[C@H]1C(=O)C2C3CC[C@H]([C@H](C)C=O)[C@@]3(C)CCC2[C@@]2(C)CC[C@@H](O)C[C@@H]12. The molecule has 2 N–H and O–H groups in total. The maximum absolute atomic E-state index is 14.0. The molecule has 340 valence electrons. The van der Waals surface area contributed by atoms with Crippen molar-refractivity contribution in [3.05, 3.63) is 12.2 Å². The van der Waals surface area contributed by atoms with Gasteiger partial charge >= 0.3 is 5.97 Å². The highest BCUT2D eigenvalue weighted by atomic mass is 16.5. The molecule has 7 heteroatoms. The maximum atomic E-state index is 14.0. The molecule has 8 rings (SSSR count). The lowest BCUT2D eigenvalue weighted by molar-refractivity contribution is -0.173. The molecule has 0 amide bonds. The zero-order valence-corrected chi connectivity index (χ0v) is 38.4. The van der Waals surface area contributed by atoms with Crippen LogP contribution in [0.5, 0.6) is 0 Å². The van der Waals surface area contributed by atoms with Crippen LogP contribution in [0, 0.1) is 105 Å². The van der Waals surface area contributed by atoms with Crippen molar-refractivity contribution in [2.24, 2.45) is 105 Å². The first kappa shape index (κ1) is 47.6. The smallest absolute Gasteiger partial charge is 0.330 e. The normalized spacial score (nSPS) is 49.0. The first-order valence-electron chi connectivity index (χ1n) is 24.7. The first-order chi connectivity index (χ1) is 27.9. The summed E-state index contributed by atoms with van der Waals surface area (Å²) in [6.07, 6.45) is 20.8. The van der Waals surface area contributed by atoms with Crippen molar-refractivity contribution in [1.29, 1.82) is 0 Å². The molecule has 7 nitrogen and oxygen atoms in total. The molecule has 6 unspecified atom stereocenters. The van der Waals surface area contributed by atoms with Crippen LogP contribution in [0.4, 0.5) is 0 Å². The van der Waals surface area contributed by atoms with Gasteiger partial charge in [-0.25, -0.2) is 4.79 Å². The largest absolute Gasteiger partial charge is 0.463 e. The number of allylic oxidation sites excluding steroid dienone is 1. The number of hydrogen-bond acceptors (Lipinski definition) is 7. The summed E-state index contributed by atoms with van der Waals surface area (Å²) in [5, 5.41) is 20.7. The Bertz CT molecular complexity index is 1600. The molecule has 0 saturated heterocycles. The van der Waals surface area contributed by atoms with Gasteiger partial charge in [0.15, 0.2) is 0 Å². The van der Waals surface area contributed by atoms with Gasteiger partial charge in [0, 0.05) is 35.7 Å². The highest BCUT2D eigenvalue weighted by Crippen LogP contribution is 2.70. The highest BCUT2D eigenvalue weighted by molar-refractivity contribution is 5.86.